The molecule has 0 radical (unpaired) electrons. The summed E-state index contributed by atoms with van der Waals surface area (Å²) in [4.78, 5) is 26.8. The normalized spacial score (nSPS) is 10.2. The molecule has 0 atom stereocenters. The van der Waals surface area contributed by atoms with E-state index < -0.39 is 6.16 Å². The second kappa shape index (κ2) is 6.05. The number of hydrogen-bond acceptors (Lipinski definition) is 5. The Labute approximate surface area is 126 Å². The van der Waals surface area contributed by atoms with Gasteiger partial charge < -0.3 is 9.47 Å². The average molecular weight is 293 g/mol. The Morgan fingerprint density at radius 3 is 2.50 bits per heavy atom. The summed E-state index contributed by atoms with van der Waals surface area (Å²) in [6.45, 7) is 0. The third-order valence-corrected chi connectivity index (χ3v) is 3.05. The number of para-hydroxylation sites is 1. The minimum absolute atomic E-state index is 0.291. The fraction of sp³-hybridized carbons (Fsp3) is 0. The molecule has 0 N–H and O–H groups in total. The molecule has 0 aliphatic heterocycles. The van der Waals surface area contributed by atoms with Crippen molar-refractivity contribution in [2.24, 2.45) is 0 Å². The van der Waals surface area contributed by atoms with Gasteiger partial charge in [-0.25, -0.2) is 4.79 Å². The molecule has 1 aromatic heterocycles. The van der Waals surface area contributed by atoms with Gasteiger partial charge >= 0.3 is 6.16 Å². The lowest BCUT2D eigenvalue weighted by molar-refractivity contribution is 0.112. The summed E-state index contributed by atoms with van der Waals surface area (Å²) in [6, 6.07) is 15.3. The van der Waals surface area contributed by atoms with E-state index in [1.165, 1.54) is 6.20 Å². The molecule has 108 valence electrons. The van der Waals surface area contributed by atoms with Gasteiger partial charge in [-0.15, -0.1) is 0 Å². The SMILES string of the molecule is O=Cc1nccc2c(OC(=O)Oc3ccccc3)cccc12. The quantitative estimate of drug-likeness (QED) is 0.419. The predicted octanol–water partition coefficient (Wildman–Crippen LogP) is 3.63. The van der Waals surface area contributed by atoms with Crippen LogP contribution in [0, 0.1) is 0 Å². The van der Waals surface area contributed by atoms with E-state index >= 15 is 0 Å². The van der Waals surface area contributed by atoms with Crippen LogP contribution < -0.4 is 9.47 Å². The Kier molecular flexibility index (Phi) is 3.78. The largest absolute Gasteiger partial charge is 0.519 e. The lowest BCUT2D eigenvalue weighted by Crippen LogP contribution is -2.13. The molecule has 0 aliphatic rings. The highest BCUT2D eigenvalue weighted by Crippen LogP contribution is 2.26. The number of carbonyl (C=O) groups is 2. The van der Waals surface area contributed by atoms with E-state index in [0.29, 0.717) is 34.3 Å². The predicted molar refractivity (Wildman–Crippen MR) is 80.2 cm³/mol. The van der Waals surface area contributed by atoms with Crippen molar-refractivity contribution in [1.29, 1.82) is 0 Å². The van der Waals surface area contributed by atoms with Gasteiger partial charge in [-0.3, -0.25) is 9.78 Å². The third-order valence-electron chi connectivity index (χ3n) is 3.05. The molecule has 0 fully saturated rings. The second-order valence-electron chi connectivity index (χ2n) is 4.43. The van der Waals surface area contributed by atoms with Gasteiger partial charge in [0.05, 0.1) is 0 Å². The first-order valence-electron chi connectivity index (χ1n) is 6.55. The first-order chi connectivity index (χ1) is 10.8. The van der Waals surface area contributed by atoms with Crippen LogP contribution in [0.4, 0.5) is 4.79 Å². The molecule has 0 bridgehead atoms. The molecule has 0 spiro atoms. The van der Waals surface area contributed by atoms with Crippen LogP contribution in [-0.4, -0.2) is 17.4 Å². The van der Waals surface area contributed by atoms with Gasteiger partial charge in [-0.05, 0) is 24.3 Å². The Morgan fingerprint density at radius 2 is 1.73 bits per heavy atom. The maximum Gasteiger partial charge on any atom is 0.519 e. The van der Waals surface area contributed by atoms with Crippen LogP contribution in [0.5, 0.6) is 11.5 Å². The molecule has 2 aromatic carbocycles. The van der Waals surface area contributed by atoms with Crippen LogP contribution in [0.15, 0.2) is 60.8 Å². The maximum atomic E-state index is 11.9. The fourth-order valence-electron chi connectivity index (χ4n) is 2.08. The molecular formula is C17H11NO4. The molecule has 1 heterocycles. The number of rotatable bonds is 3. The minimum Gasteiger partial charge on any atom is -0.395 e. The van der Waals surface area contributed by atoms with E-state index in [1.807, 2.05) is 6.07 Å². The third kappa shape index (κ3) is 2.78. The standard InChI is InChI=1S/C17H11NO4/c19-11-15-13-7-4-8-16(14(13)9-10-18-15)22-17(20)21-12-5-2-1-3-6-12/h1-11H. The summed E-state index contributed by atoms with van der Waals surface area (Å²) in [5.74, 6) is 0.701. The average Bonchev–Trinajstić information content (AvgIpc) is 2.55. The highest BCUT2D eigenvalue weighted by Gasteiger charge is 2.12. The van der Waals surface area contributed by atoms with Gasteiger partial charge in [0.1, 0.15) is 17.2 Å². The molecule has 0 aliphatic carbocycles. The Bertz CT molecular complexity index is 830. The van der Waals surface area contributed by atoms with Crippen LogP contribution in [0.3, 0.4) is 0 Å². The molecule has 0 amide bonds. The molecular weight excluding hydrogens is 282 g/mol. The molecule has 0 unspecified atom stereocenters. The number of aromatic nitrogens is 1. The highest BCUT2D eigenvalue weighted by atomic mass is 16.7. The van der Waals surface area contributed by atoms with Crippen LogP contribution in [-0.2, 0) is 0 Å². The number of nitrogens with zero attached hydrogens (tertiary/aromatic N) is 1. The van der Waals surface area contributed by atoms with Gasteiger partial charge in [0.15, 0.2) is 6.29 Å². The number of pyridine rings is 1. The smallest absolute Gasteiger partial charge is 0.395 e. The van der Waals surface area contributed by atoms with Crippen molar-refractivity contribution >= 4 is 23.2 Å². The molecule has 22 heavy (non-hydrogen) atoms. The number of hydrogen-bond donors (Lipinski definition) is 0. The van der Waals surface area contributed by atoms with Crippen molar-refractivity contribution in [3.8, 4) is 11.5 Å². The summed E-state index contributed by atoms with van der Waals surface area (Å²) >= 11 is 0. The molecule has 0 saturated carbocycles. The van der Waals surface area contributed by atoms with Crippen LogP contribution in [0.2, 0.25) is 0 Å². The zero-order valence-electron chi connectivity index (χ0n) is 11.4. The minimum atomic E-state index is -0.844. The van der Waals surface area contributed by atoms with E-state index in [0.717, 1.165) is 0 Å². The monoisotopic (exact) mass is 293 g/mol. The zero-order chi connectivity index (χ0) is 15.4. The summed E-state index contributed by atoms with van der Waals surface area (Å²) in [7, 11) is 0. The van der Waals surface area contributed by atoms with Gasteiger partial charge in [0, 0.05) is 17.0 Å². The van der Waals surface area contributed by atoms with Crippen molar-refractivity contribution in [2.75, 3.05) is 0 Å². The van der Waals surface area contributed by atoms with Gasteiger partial charge in [-0.1, -0.05) is 30.3 Å². The second-order valence-corrected chi connectivity index (χ2v) is 4.43. The molecule has 0 saturated heterocycles. The number of carbonyl (C=O) groups excluding carboxylic acids is 2. The topological polar surface area (TPSA) is 65.5 Å². The van der Waals surface area contributed by atoms with E-state index in [9.17, 15) is 9.59 Å². The van der Waals surface area contributed by atoms with E-state index in [2.05, 4.69) is 4.98 Å². The number of fused-ring (bicyclic) bond motifs is 1. The van der Waals surface area contributed by atoms with Crippen LogP contribution in [0.25, 0.3) is 10.8 Å². The van der Waals surface area contributed by atoms with E-state index in [4.69, 9.17) is 9.47 Å². The van der Waals surface area contributed by atoms with Gasteiger partial charge in [0.25, 0.3) is 0 Å². The summed E-state index contributed by atoms with van der Waals surface area (Å²) in [5.41, 5.74) is 0.291. The Hall–Kier alpha value is -3.21. The summed E-state index contributed by atoms with van der Waals surface area (Å²) in [5, 5.41) is 1.23. The van der Waals surface area contributed by atoms with Crippen molar-refractivity contribution < 1.29 is 19.1 Å². The van der Waals surface area contributed by atoms with Crippen LogP contribution in [0.1, 0.15) is 10.5 Å². The van der Waals surface area contributed by atoms with Gasteiger partial charge in [0.2, 0.25) is 0 Å². The number of ether oxygens (including phenoxy) is 2. The van der Waals surface area contributed by atoms with Crippen molar-refractivity contribution in [3.05, 3.63) is 66.5 Å². The molecule has 3 aromatic rings. The van der Waals surface area contributed by atoms with Crippen molar-refractivity contribution in [2.45, 2.75) is 0 Å². The fourth-order valence-corrected chi connectivity index (χ4v) is 2.08. The summed E-state index contributed by atoms with van der Waals surface area (Å²) < 4.78 is 10.3. The Balaban J connectivity index is 1.88. The summed E-state index contributed by atoms with van der Waals surface area (Å²) in [6.07, 6.45) is 1.30. The lowest BCUT2D eigenvalue weighted by Gasteiger charge is -2.08. The first kappa shape index (κ1) is 13.8. The Morgan fingerprint density at radius 1 is 0.909 bits per heavy atom. The molecule has 3 rings (SSSR count). The number of aldehydes is 1. The zero-order valence-corrected chi connectivity index (χ0v) is 11.4. The van der Waals surface area contributed by atoms with Crippen molar-refractivity contribution in [1.82, 2.24) is 4.98 Å². The van der Waals surface area contributed by atoms with Gasteiger partial charge in [-0.2, -0.15) is 0 Å². The molecule has 5 nitrogen and oxygen atoms in total. The highest BCUT2D eigenvalue weighted by molar-refractivity contribution is 5.99. The van der Waals surface area contributed by atoms with E-state index in [1.54, 1.807) is 48.5 Å². The lowest BCUT2D eigenvalue weighted by atomic mass is 10.1. The number of benzene rings is 2. The first-order valence-corrected chi connectivity index (χ1v) is 6.55. The van der Waals surface area contributed by atoms with Crippen molar-refractivity contribution in [3.63, 3.8) is 0 Å². The van der Waals surface area contributed by atoms with Crippen LogP contribution >= 0.6 is 0 Å². The maximum absolute atomic E-state index is 11.9. The molecule has 5 heteroatoms. The van der Waals surface area contributed by atoms with E-state index in [-0.39, 0.29) is 0 Å².